The van der Waals surface area contributed by atoms with E-state index in [1.54, 1.807) is 6.07 Å². The van der Waals surface area contributed by atoms with Crippen molar-refractivity contribution < 1.29 is 14.3 Å². The molecular formula is C20H17N5O5S. The summed E-state index contributed by atoms with van der Waals surface area (Å²) in [6, 6.07) is 5.08. The molecule has 31 heavy (non-hydrogen) atoms. The van der Waals surface area contributed by atoms with Gasteiger partial charge in [-0.3, -0.25) is 24.0 Å². The first kappa shape index (κ1) is 19.2. The average molecular weight is 439 g/mol. The smallest absolute Gasteiger partial charge is 0.332 e. The molecule has 0 saturated heterocycles. The lowest BCUT2D eigenvalue weighted by Crippen LogP contribution is -2.37. The van der Waals surface area contributed by atoms with Gasteiger partial charge >= 0.3 is 5.69 Å². The molecular weight excluding hydrogens is 422 g/mol. The van der Waals surface area contributed by atoms with Crippen LogP contribution in [0.5, 0.6) is 11.5 Å². The van der Waals surface area contributed by atoms with Crippen LogP contribution in [0.4, 0.5) is 5.13 Å². The zero-order valence-electron chi connectivity index (χ0n) is 16.7. The Hall–Kier alpha value is -3.73. The van der Waals surface area contributed by atoms with Crippen molar-refractivity contribution in [3.63, 3.8) is 0 Å². The second kappa shape index (κ2) is 7.20. The van der Waals surface area contributed by atoms with Gasteiger partial charge in [-0.15, -0.1) is 0 Å². The van der Waals surface area contributed by atoms with Gasteiger partial charge in [0.2, 0.25) is 0 Å². The van der Waals surface area contributed by atoms with Crippen LogP contribution in [0.3, 0.4) is 0 Å². The van der Waals surface area contributed by atoms with Gasteiger partial charge in [0.1, 0.15) is 5.65 Å². The van der Waals surface area contributed by atoms with Crippen LogP contribution >= 0.6 is 11.3 Å². The standard InChI is InChI=1S/C20H17N5O5S/c1-24-16-11(18(27)25(2)20(24)28)6-10(9-21-16)17(26)23-19-22-12-7-13-14(8-15(12)31-19)30-5-3-4-29-13/h6-9H,3-5H2,1-2H3,(H,22,23,26). The normalized spacial score (nSPS) is 13.4. The van der Waals surface area contributed by atoms with E-state index in [9.17, 15) is 14.4 Å². The first-order chi connectivity index (χ1) is 14.9. The van der Waals surface area contributed by atoms with Gasteiger partial charge in [-0.2, -0.15) is 0 Å². The van der Waals surface area contributed by atoms with Crippen LogP contribution in [0.1, 0.15) is 16.8 Å². The van der Waals surface area contributed by atoms with Crippen LogP contribution in [0.25, 0.3) is 21.3 Å². The van der Waals surface area contributed by atoms with E-state index in [0.29, 0.717) is 35.4 Å². The summed E-state index contributed by atoms with van der Waals surface area (Å²) in [5, 5.41) is 3.32. The van der Waals surface area contributed by atoms with E-state index in [-0.39, 0.29) is 16.6 Å². The summed E-state index contributed by atoms with van der Waals surface area (Å²) < 4.78 is 14.5. The molecule has 0 spiro atoms. The van der Waals surface area contributed by atoms with Crippen molar-refractivity contribution in [2.45, 2.75) is 6.42 Å². The summed E-state index contributed by atoms with van der Waals surface area (Å²) >= 11 is 1.30. The zero-order valence-corrected chi connectivity index (χ0v) is 17.5. The average Bonchev–Trinajstić information content (AvgIpc) is 3.01. The summed E-state index contributed by atoms with van der Waals surface area (Å²) in [4.78, 5) is 45.9. The Morgan fingerprint density at radius 1 is 1.10 bits per heavy atom. The topological polar surface area (TPSA) is 117 Å². The molecule has 3 aromatic heterocycles. The van der Waals surface area contributed by atoms with E-state index in [4.69, 9.17) is 9.47 Å². The van der Waals surface area contributed by atoms with Crippen LogP contribution in [-0.4, -0.2) is 38.2 Å². The van der Waals surface area contributed by atoms with Crippen LogP contribution < -0.4 is 26.0 Å². The molecule has 4 aromatic rings. The SMILES string of the molecule is Cn1c(=O)c2cc(C(=O)Nc3nc4cc5c(cc4s3)OCCCO5)cnc2n(C)c1=O. The summed E-state index contributed by atoms with van der Waals surface area (Å²) in [5.41, 5.74) is 0.0888. The number of aryl methyl sites for hydroxylation is 1. The number of thiazole rings is 1. The Bertz CT molecular complexity index is 1440. The number of nitrogens with one attached hydrogen (secondary N) is 1. The molecule has 0 bridgehead atoms. The predicted molar refractivity (Wildman–Crippen MR) is 115 cm³/mol. The monoisotopic (exact) mass is 439 g/mol. The fraction of sp³-hybridized carbons (Fsp3) is 0.250. The Labute approximate surface area is 178 Å². The van der Waals surface area contributed by atoms with Crippen LogP contribution in [0, 0.1) is 0 Å². The van der Waals surface area contributed by atoms with Crippen molar-refractivity contribution in [1.82, 2.24) is 19.1 Å². The van der Waals surface area contributed by atoms with Crippen molar-refractivity contribution in [2.24, 2.45) is 14.1 Å². The molecule has 1 amide bonds. The number of fused-ring (bicyclic) bond motifs is 3. The van der Waals surface area contributed by atoms with E-state index < -0.39 is 17.2 Å². The quantitative estimate of drug-likeness (QED) is 0.505. The molecule has 1 aliphatic rings. The molecule has 11 heteroatoms. The maximum absolute atomic E-state index is 12.8. The largest absolute Gasteiger partial charge is 0.490 e. The van der Waals surface area contributed by atoms with Crippen LogP contribution in [-0.2, 0) is 14.1 Å². The summed E-state index contributed by atoms with van der Waals surface area (Å²) in [6.45, 7) is 1.16. The molecule has 0 unspecified atom stereocenters. The number of pyridine rings is 1. The molecule has 158 valence electrons. The van der Waals surface area contributed by atoms with Gasteiger partial charge < -0.3 is 9.47 Å². The molecule has 4 heterocycles. The number of rotatable bonds is 2. The van der Waals surface area contributed by atoms with Gasteiger partial charge in [0.05, 0.1) is 34.4 Å². The number of benzene rings is 1. The summed E-state index contributed by atoms with van der Waals surface area (Å²) in [5.74, 6) is 0.832. The van der Waals surface area contributed by atoms with Crippen LogP contribution in [0.15, 0.2) is 34.0 Å². The molecule has 0 atom stereocenters. The molecule has 10 nitrogen and oxygen atoms in total. The zero-order chi connectivity index (χ0) is 21.7. The molecule has 0 fully saturated rings. The van der Waals surface area contributed by atoms with Gasteiger partial charge in [-0.05, 0) is 6.07 Å². The summed E-state index contributed by atoms with van der Waals surface area (Å²) in [7, 11) is 2.90. The number of amides is 1. The number of ether oxygens (including phenoxy) is 2. The fourth-order valence-electron chi connectivity index (χ4n) is 3.40. The minimum atomic E-state index is -0.512. The lowest BCUT2D eigenvalue weighted by molar-refractivity contribution is 0.102. The van der Waals surface area contributed by atoms with E-state index >= 15 is 0 Å². The van der Waals surface area contributed by atoms with Gasteiger partial charge in [0, 0.05) is 38.8 Å². The minimum Gasteiger partial charge on any atom is -0.490 e. The fourth-order valence-corrected chi connectivity index (χ4v) is 4.27. The lowest BCUT2D eigenvalue weighted by atomic mass is 10.2. The van der Waals surface area contributed by atoms with Gasteiger partial charge in [-0.25, -0.2) is 14.8 Å². The predicted octanol–water partition coefficient (Wildman–Crippen LogP) is 1.66. The number of hydrogen-bond donors (Lipinski definition) is 1. The molecule has 0 radical (unpaired) electrons. The van der Waals surface area contributed by atoms with Crippen molar-refractivity contribution in [3.05, 3.63) is 50.8 Å². The molecule has 1 aliphatic heterocycles. The minimum absolute atomic E-state index is 0.180. The number of carbonyl (C=O) groups excluding carboxylic acids is 1. The number of hydrogen-bond acceptors (Lipinski definition) is 8. The van der Waals surface area contributed by atoms with E-state index in [1.165, 1.54) is 42.3 Å². The third-order valence-electron chi connectivity index (χ3n) is 5.03. The maximum Gasteiger partial charge on any atom is 0.332 e. The molecule has 0 aliphatic carbocycles. The Balaban J connectivity index is 1.48. The molecule has 1 aromatic carbocycles. The second-order valence-corrected chi connectivity index (χ2v) is 8.12. The Morgan fingerprint density at radius 2 is 1.84 bits per heavy atom. The number of carbonyl (C=O) groups is 1. The van der Waals surface area contributed by atoms with Crippen LogP contribution in [0.2, 0.25) is 0 Å². The third kappa shape index (κ3) is 3.22. The second-order valence-electron chi connectivity index (χ2n) is 7.09. The van der Waals surface area contributed by atoms with Gasteiger partial charge in [0.15, 0.2) is 16.6 Å². The maximum atomic E-state index is 12.8. The highest BCUT2D eigenvalue weighted by molar-refractivity contribution is 7.22. The van der Waals surface area contributed by atoms with Crippen molar-refractivity contribution in [3.8, 4) is 11.5 Å². The summed E-state index contributed by atoms with van der Waals surface area (Å²) in [6.07, 6.45) is 2.14. The van der Waals surface area contributed by atoms with E-state index in [0.717, 1.165) is 15.7 Å². The molecule has 5 rings (SSSR count). The molecule has 1 N–H and O–H groups in total. The number of anilines is 1. The van der Waals surface area contributed by atoms with Crippen molar-refractivity contribution >= 4 is 43.6 Å². The highest BCUT2D eigenvalue weighted by atomic mass is 32.1. The van der Waals surface area contributed by atoms with Gasteiger partial charge in [0.25, 0.3) is 11.5 Å². The van der Waals surface area contributed by atoms with Crippen molar-refractivity contribution in [2.75, 3.05) is 18.5 Å². The van der Waals surface area contributed by atoms with Crippen molar-refractivity contribution in [1.29, 1.82) is 0 Å². The lowest BCUT2D eigenvalue weighted by Gasteiger charge is -2.07. The molecule has 0 saturated carbocycles. The van der Waals surface area contributed by atoms with E-state index in [1.807, 2.05) is 6.07 Å². The Morgan fingerprint density at radius 3 is 2.61 bits per heavy atom. The highest BCUT2D eigenvalue weighted by Gasteiger charge is 2.17. The third-order valence-corrected chi connectivity index (χ3v) is 5.97. The first-order valence-electron chi connectivity index (χ1n) is 9.49. The van der Waals surface area contributed by atoms with Gasteiger partial charge in [-0.1, -0.05) is 11.3 Å². The highest BCUT2D eigenvalue weighted by Crippen LogP contribution is 2.37. The first-order valence-corrected chi connectivity index (χ1v) is 10.3. The number of aromatic nitrogens is 4. The van der Waals surface area contributed by atoms with E-state index in [2.05, 4.69) is 15.3 Å². The number of nitrogens with zero attached hydrogens (tertiary/aromatic N) is 4. The Kier molecular flexibility index (Phi) is 4.47.